The van der Waals surface area contributed by atoms with E-state index in [2.05, 4.69) is 17.4 Å². The third-order valence-electron chi connectivity index (χ3n) is 3.80. The number of fused-ring (bicyclic) bond motifs is 1. The second-order valence-corrected chi connectivity index (χ2v) is 5.29. The van der Waals surface area contributed by atoms with Gasteiger partial charge in [0, 0.05) is 18.5 Å². The minimum Gasteiger partial charge on any atom is -0.465 e. The monoisotopic (exact) mass is 260 g/mol. The third-order valence-corrected chi connectivity index (χ3v) is 3.80. The van der Waals surface area contributed by atoms with Crippen LogP contribution in [0.4, 0.5) is 0 Å². The van der Waals surface area contributed by atoms with Gasteiger partial charge in [-0.1, -0.05) is 5.16 Å². The maximum absolute atomic E-state index is 5.62. The van der Waals surface area contributed by atoms with Gasteiger partial charge in [0.25, 0.3) is 0 Å². The molecule has 4 nitrogen and oxygen atoms in total. The lowest BCUT2D eigenvalue weighted by Gasteiger charge is -2.12. The maximum Gasteiger partial charge on any atom is 0.140 e. The lowest BCUT2D eigenvalue weighted by Crippen LogP contribution is -2.19. The number of hydrogen-bond donors (Lipinski definition) is 1. The van der Waals surface area contributed by atoms with Crippen molar-refractivity contribution in [1.29, 1.82) is 0 Å². The molecule has 0 fully saturated rings. The maximum atomic E-state index is 5.62. The molecule has 0 bridgehead atoms. The average Bonchev–Trinajstić information content (AvgIpc) is 3.02. The van der Waals surface area contributed by atoms with E-state index in [1.807, 2.05) is 19.1 Å². The van der Waals surface area contributed by atoms with E-state index in [1.54, 1.807) is 0 Å². The number of nitrogens with one attached hydrogen (secondary N) is 1. The molecule has 0 aliphatic heterocycles. The third kappa shape index (κ3) is 2.59. The molecule has 2 aromatic rings. The van der Waals surface area contributed by atoms with Crippen LogP contribution >= 0.6 is 0 Å². The highest BCUT2D eigenvalue weighted by atomic mass is 16.5. The van der Waals surface area contributed by atoms with Gasteiger partial charge in [-0.2, -0.15) is 0 Å². The molecule has 0 saturated heterocycles. The first-order chi connectivity index (χ1) is 9.24. The molecule has 2 aromatic heterocycles. The van der Waals surface area contributed by atoms with Crippen molar-refractivity contribution >= 4 is 0 Å². The van der Waals surface area contributed by atoms with Crippen molar-refractivity contribution in [3.63, 3.8) is 0 Å². The normalized spacial score (nSPS) is 16.3. The number of nitrogens with zero attached hydrogens (tertiary/aromatic N) is 1. The van der Waals surface area contributed by atoms with Crippen molar-refractivity contribution < 1.29 is 8.94 Å². The Balaban J connectivity index is 1.64. The molecule has 3 rings (SSSR count). The largest absolute Gasteiger partial charge is 0.465 e. The first-order valence-corrected chi connectivity index (χ1v) is 7.00. The van der Waals surface area contributed by atoms with Gasteiger partial charge in [-0.3, -0.25) is 0 Å². The van der Waals surface area contributed by atoms with Crippen molar-refractivity contribution in [2.24, 2.45) is 0 Å². The Labute approximate surface area is 113 Å². The molecule has 0 unspecified atom stereocenters. The van der Waals surface area contributed by atoms with Crippen LogP contribution < -0.4 is 5.32 Å². The summed E-state index contributed by atoms with van der Waals surface area (Å²) in [6.45, 7) is 4.80. The number of rotatable bonds is 4. The van der Waals surface area contributed by atoms with E-state index in [0.29, 0.717) is 0 Å². The van der Waals surface area contributed by atoms with Gasteiger partial charge in [0.2, 0.25) is 0 Å². The van der Waals surface area contributed by atoms with Crippen molar-refractivity contribution in [3.8, 4) is 0 Å². The summed E-state index contributed by atoms with van der Waals surface area (Å²) in [7, 11) is 0. The van der Waals surface area contributed by atoms with Crippen LogP contribution in [-0.2, 0) is 19.4 Å². The predicted octanol–water partition coefficient (Wildman–Crippen LogP) is 3.31. The van der Waals surface area contributed by atoms with E-state index in [9.17, 15) is 0 Å². The van der Waals surface area contributed by atoms with Crippen LogP contribution in [0.2, 0.25) is 0 Å². The van der Waals surface area contributed by atoms with Crippen LogP contribution in [0.5, 0.6) is 0 Å². The zero-order chi connectivity index (χ0) is 13.2. The molecule has 102 valence electrons. The van der Waals surface area contributed by atoms with Crippen LogP contribution in [0, 0.1) is 6.92 Å². The fourth-order valence-electron chi connectivity index (χ4n) is 2.62. The van der Waals surface area contributed by atoms with Crippen LogP contribution in [0.1, 0.15) is 54.3 Å². The van der Waals surface area contributed by atoms with Gasteiger partial charge in [-0.25, -0.2) is 0 Å². The fourth-order valence-corrected chi connectivity index (χ4v) is 2.62. The standard InChI is InChI=1S/C15H20N2O2/c1-10-7-8-14(18-10)11(2)16-9-13-12-5-3-4-6-15(12)19-17-13/h7-8,11,16H,3-6,9H2,1-2H3/t11-/m1/s1. The van der Waals surface area contributed by atoms with Crippen molar-refractivity contribution in [2.45, 2.75) is 52.1 Å². The predicted molar refractivity (Wildman–Crippen MR) is 71.8 cm³/mol. The lowest BCUT2D eigenvalue weighted by molar-refractivity contribution is 0.363. The Bertz CT molecular complexity index is 556. The quantitative estimate of drug-likeness (QED) is 0.916. The van der Waals surface area contributed by atoms with E-state index in [0.717, 1.165) is 42.4 Å². The molecule has 1 aliphatic rings. The van der Waals surface area contributed by atoms with Crippen LogP contribution in [0.15, 0.2) is 21.1 Å². The SMILES string of the molecule is Cc1ccc([C@@H](C)NCc2noc3c2CCCC3)o1. The van der Waals surface area contributed by atoms with Crippen molar-refractivity contribution in [1.82, 2.24) is 10.5 Å². The van der Waals surface area contributed by atoms with E-state index in [4.69, 9.17) is 8.94 Å². The molecule has 0 spiro atoms. The van der Waals surface area contributed by atoms with Gasteiger partial charge in [-0.15, -0.1) is 0 Å². The van der Waals surface area contributed by atoms with Crippen molar-refractivity contribution in [2.75, 3.05) is 0 Å². The van der Waals surface area contributed by atoms with Gasteiger partial charge in [0.05, 0.1) is 6.04 Å². The molecule has 0 amide bonds. The second-order valence-electron chi connectivity index (χ2n) is 5.29. The summed E-state index contributed by atoms with van der Waals surface area (Å²) >= 11 is 0. The number of hydrogen-bond acceptors (Lipinski definition) is 4. The zero-order valence-electron chi connectivity index (χ0n) is 11.5. The van der Waals surface area contributed by atoms with Crippen LogP contribution in [-0.4, -0.2) is 5.16 Å². The summed E-state index contributed by atoms with van der Waals surface area (Å²) in [5.41, 5.74) is 2.38. The average molecular weight is 260 g/mol. The number of aryl methyl sites for hydroxylation is 2. The van der Waals surface area contributed by atoms with E-state index in [1.165, 1.54) is 18.4 Å². The summed E-state index contributed by atoms with van der Waals surface area (Å²) < 4.78 is 11.0. The molecule has 2 heterocycles. The van der Waals surface area contributed by atoms with Gasteiger partial charge in [0.1, 0.15) is 23.0 Å². The molecule has 1 aliphatic carbocycles. The molecule has 1 N–H and O–H groups in total. The second kappa shape index (κ2) is 5.21. The van der Waals surface area contributed by atoms with E-state index in [-0.39, 0.29) is 6.04 Å². The molecular formula is C15H20N2O2. The molecule has 4 heteroatoms. The van der Waals surface area contributed by atoms with Crippen molar-refractivity contribution in [3.05, 3.63) is 40.7 Å². The number of furan rings is 1. The minimum atomic E-state index is 0.185. The summed E-state index contributed by atoms with van der Waals surface area (Å²) in [4.78, 5) is 0. The Kier molecular flexibility index (Phi) is 3.42. The first kappa shape index (κ1) is 12.5. The Morgan fingerprint density at radius 2 is 2.16 bits per heavy atom. The zero-order valence-corrected chi connectivity index (χ0v) is 11.5. The molecule has 1 atom stereocenters. The van der Waals surface area contributed by atoms with Crippen LogP contribution in [0.25, 0.3) is 0 Å². The highest BCUT2D eigenvalue weighted by molar-refractivity contribution is 5.25. The summed E-state index contributed by atoms with van der Waals surface area (Å²) in [6, 6.07) is 4.20. The Morgan fingerprint density at radius 1 is 1.32 bits per heavy atom. The highest BCUT2D eigenvalue weighted by Gasteiger charge is 2.19. The minimum absolute atomic E-state index is 0.185. The molecule has 0 saturated carbocycles. The van der Waals surface area contributed by atoms with Gasteiger partial charge < -0.3 is 14.3 Å². The smallest absolute Gasteiger partial charge is 0.140 e. The van der Waals surface area contributed by atoms with Gasteiger partial charge in [-0.05, 0) is 45.2 Å². The summed E-state index contributed by atoms with van der Waals surface area (Å²) in [6.07, 6.45) is 4.60. The van der Waals surface area contributed by atoms with Crippen LogP contribution in [0.3, 0.4) is 0 Å². The Hall–Kier alpha value is -1.55. The summed E-state index contributed by atoms with van der Waals surface area (Å²) in [5, 5.41) is 7.65. The number of aromatic nitrogens is 1. The topological polar surface area (TPSA) is 51.2 Å². The summed E-state index contributed by atoms with van der Waals surface area (Å²) in [5.74, 6) is 3.00. The highest BCUT2D eigenvalue weighted by Crippen LogP contribution is 2.24. The molecular weight excluding hydrogens is 240 g/mol. The molecule has 19 heavy (non-hydrogen) atoms. The van der Waals surface area contributed by atoms with E-state index < -0.39 is 0 Å². The fraction of sp³-hybridized carbons (Fsp3) is 0.533. The van der Waals surface area contributed by atoms with Gasteiger partial charge in [0.15, 0.2) is 0 Å². The van der Waals surface area contributed by atoms with Gasteiger partial charge >= 0.3 is 0 Å². The first-order valence-electron chi connectivity index (χ1n) is 7.00. The lowest BCUT2D eigenvalue weighted by atomic mass is 9.96. The Morgan fingerprint density at radius 3 is 2.95 bits per heavy atom. The van der Waals surface area contributed by atoms with E-state index >= 15 is 0 Å². The molecule has 0 radical (unpaired) electrons. The molecule has 0 aromatic carbocycles.